The minimum Gasteiger partial charge on any atom is -0.497 e. The molecule has 0 radical (unpaired) electrons. The number of hydrogen-bond donors (Lipinski definition) is 0. The number of nitriles is 1. The molecule has 0 fully saturated rings. The van der Waals surface area contributed by atoms with Crippen LogP contribution in [0, 0.1) is 16.7 Å². The van der Waals surface area contributed by atoms with Crippen molar-refractivity contribution in [1.82, 2.24) is 0 Å². The topological polar surface area (TPSA) is 59.3 Å². The number of carbonyl (C=O) groups is 1. The van der Waals surface area contributed by atoms with Crippen molar-refractivity contribution in [3.8, 4) is 11.8 Å². The van der Waals surface area contributed by atoms with Crippen LogP contribution in [0.4, 0.5) is 0 Å². The Balaban J connectivity index is 2.31. The quantitative estimate of drug-likeness (QED) is 0.763. The maximum atomic E-state index is 11.9. The lowest BCUT2D eigenvalue weighted by atomic mass is 9.87. The molecule has 1 aliphatic rings. The Labute approximate surface area is 106 Å². The maximum Gasteiger partial charge on any atom is 0.327 e. The maximum absolute atomic E-state index is 11.9. The molecule has 0 N–H and O–H groups in total. The third-order valence-corrected chi connectivity index (χ3v) is 3.28. The van der Waals surface area contributed by atoms with E-state index in [0.717, 1.165) is 16.9 Å². The number of fused-ring (bicyclic) bond motifs is 1. The van der Waals surface area contributed by atoms with Crippen molar-refractivity contribution >= 4 is 5.97 Å². The highest BCUT2D eigenvalue weighted by atomic mass is 16.5. The van der Waals surface area contributed by atoms with Crippen LogP contribution in [-0.2, 0) is 22.4 Å². The monoisotopic (exact) mass is 245 g/mol. The van der Waals surface area contributed by atoms with E-state index in [9.17, 15) is 10.1 Å². The number of methoxy groups -OCH3 is 1. The van der Waals surface area contributed by atoms with E-state index < -0.39 is 11.4 Å². The van der Waals surface area contributed by atoms with E-state index in [0.29, 0.717) is 19.4 Å². The molecule has 94 valence electrons. The van der Waals surface area contributed by atoms with Gasteiger partial charge in [0.05, 0.1) is 19.8 Å². The highest BCUT2D eigenvalue weighted by molar-refractivity contribution is 5.82. The van der Waals surface area contributed by atoms with Crippen LogP contribution in [0.25, 0.3) is 0 Å². The van der Waals surface area contributed by atoms with Crippen LogP contribution < -0.4 is 4.74 Å². The van der Waals surface area contributed by atoms with Crippen molar-refractivity contribution in [2.24, 2.45) is 5.41 Å². The van der Waals surface area contributed by atoms with Gasteiger partial charge in [0.25, 0.3) is 0 Å². The first-order valence-corrected chi connectivity index (χ1v) is 5.89. The summed E-state index contributed by atoms with van der Waals surface area (Å²) in [7, 11) is 1.60. The van der Waals surface area contributed by atoms with Crippen molar-refractivity contribution in [2.45, 2.75) is 19.8 Å². The Morgan fingerprint density at radius 3 is 2.78 bits per heavy atom. The lowest BCUT2D eigenvalue weighted by Crippen LogP contribution is -2.32. The van der Waals surface area contributed by atoms with Gasteiger partial charge in [-0.05, 0) is 30.2 Å². The summed E-state index contributed by atoms with van der Waals surface area (Å²) in [5, 5.41) is 9.33. The van der Waals surface area contributed by atoms with Crippen LogP contribution in [0.1, 0.15) is 18.1 Å². The zero-order valence-electron chi connectivity index (χ0n) is 10.5. The molecule has 0 spiro atoms. The van der Waals surface area contributed by atoms with Crippen LogP contribution in [0.3, 0.4) is 0 Å². The molecule has 4 heteroatoms. The molecule has 0 aromatic heterocycles. The average Bonchev–Trinajstić information content (AvgIpc) is 2.77. The summed E-state index contributed by atoms with van der Waals surface area (Å²) in [6, 6.07) is 7.77. The van der Waals surface area contributed by atoms with Crippen LogP contribution >= 0.6 is 0 Å². The van der Waals surface area contributed by atoms with Gasteiger partial charge >= 0.3 is 5.97 Å². The summed E-state index contributed by atoms with van der Waals surface area (Å²) >= 11 is 0. The number of benzene rings is 1. The molecule has 1 unspecified atom stereocenters. The number of ether oxygens (including phenoxy) is 2. The molecule has 0 heterocycles. The van der Waals surface area contributed by atoms with Crippen molar-refractivity contribution in [3.63, 3.8) is 0 Å². The number of hydrogen-bond acceptors (Lipinski definition) is 4. The van der Waals surface area contributed by atoms with Crippen molar-refractivity contribution in [3.05, 3.63) is 29.3 Å². The summed E-state index contributed by atoms with van der Waals surface area (Å²) < 4.78 is 10.2. The molecule has 0 saturated heterocycles. The van der Waals surface area contributed by atoms with E-state index in [1.165, 1.54) is 0 Å². The van der Waals surface area contributed by atoms with Gasteiger partial charge in [-0.25, -0.2) is 0 Å². The second-order valence-electron chi connectivity index (χ2n) is 4.40. The fourth-order valence-electron chi connectivity index (χ4n) is 2.32. The van der Waals surface area contributed by atoms with Gasteiger partial charge in [-0.2, -0.15) is 5.26 Å². The van der Waals surface area contributed by atoms with E-state index in [1.807, 2.05) is 18.2 Å². The van der Waals surface area contributed by atoms with E-state index in [-0.39, 0.29) is 0 Å². The van der Waals surface area contributed by atoms with Crippen molar-refractivity contribution in [2.75, 3.05) is 13.7 Å². The van der Waals surface area contributed by atoms with Gasteiger partial charge < -0.3 is 9.47 Å². The zero-order valence-corrected chi connectivity index (χ0v) is 10.5. The van der Waals surface area contributed by atoms with Gasteiger partial charge in [-0.3, -0.25) is 4.79 Å². The molecule has 1 aromatic rings. The highest BCUT2D eigenvalue weighted by Crippen LogP contribution is 2.39. The van der Waals surface area contributed by atoms with Crippen LogP contribution in [-0.4, -0.2) is 19.7 Å². The Hall–Kier alpha value is -2.02. The second kappa shape index (κ2) is 4.69. The molecule has 1 aromatic carbocycles. The van der Waals surface area contributed by atoms with Gasteiger partial charge in [0.2, 0.25) is 0 Å². The molecule has 0 amide bonds. The molecule has 18 heavy (non-hydrogen) atoms. The second-order valence-corrected chi connectivity index (χ2v) is 4.40. The number of rotatable bonds is 3. The molecule has 1 atom stereocenters. The number of carbonyl (C=O) groups excluding carboxylic acids is 1. The summed E-state index contributed by atoms with van der Waals surface area (Å²) in [4.78, 5) is 11.9. The normalized spacial score (nSPS) is 20.9. The first kappa shape index (κ1) is 12.4. The Morgan fingerprint density at radius 1 is 1.44 bits per heavy atom. The van der Waals surface area contributed by atoms with Crippen LogP contribution in [0.5, 0.6) is 5.75 Å². The fraction of sp³-hybridized carbons (Fsp3) is 0.429. The molecule has 0 bridgehead atoms. The predicted octanol–water partition coefficient (Wildman–Crippen LogP) is 1.87. The van der Waals surface area contributed by atoms with E-state index >= 15 is 0 Å². The van der Waals surface area contributed by atoms with Gasteiger partial charge in [0, 0.05) is 12.8 Å². The first-order valence-electron chi connectivity index (χ1n) is 5.89. The molecule has 0 saturated carbocycles. The third kappa shape index (κ3) is 1.92. The lowest BCUT2D eigenvalue weighted by molar-refractivity contribution is -0.151. The van der Waals surface area contributed by atoms with Crippen molar-refractivity contribution < 1.29 is 14.3 Å². The largest absolute Gasteiger partial charge is 0.497 e. The van der Waals surface area contributed by atoms with Crippen LogP contribution in [0.15, 0.2) is 18.2 Å². The van der Waals surface area contributed by atoms with Gasteiger partial charge in [-0.15, -0.1) is 0 Å². The SMILES string of the molecule is CCOC(=O)C1(C#N)Cc2ccc(OC)cc2C1. The van der Waals surface area contributed by atoms with Gasteiger partial charge in [-0.1, -0.05) is 6.07 Å². The summed E-state index contributed by atoms with van der Waals surface area (Å²) in [6.07, 6.45) is 0.816. The fourth-order valence-corrected chi connectivity index (χ4v) is 2.32. The van der Waals surface area contributed by atoms with Crippen molar-refractivity contribution in [1.29, 1.82) is 5.26 Å². The number of esters is 1. The molecule has 0 aliphatic heterocycles. The Bertz CT molecular complexity index is 518. The molecule has 1 aliphatic carbocycles. The summed E-state index contributed by atoms with van der Waals surface area (Å²) in [5.74, 6) is 0.314. The van der Waals surface area contributed by atoms with E-state index in [4.69, 9.17) is 9.47 Å². The molecular weight excluding hydrogens is 230 g/mol. The Morgan fingerprint density at radius 2 is 2.17 bits per heavy atom. The molecular formula is C14H15NO3. The zero-order chi connectivity index (χ0) is 13.2. The number of nitrogens with zero attached hydrogens (tertiary/aromatic N) is 1. The summed E-state index contributed by atoms with van der Waals surface area (Å²) in [6.45, 7) is 2.04. The lowest BCUT2D eigenvalue weighted by Gasteiger charge is -2.17. The average molecular weight is 245 g/mol. The third-order valence-electron chi connectivity index (χ3n) is 3.28. The van der Waals surface area contributed by atoms with Crippen LogP contribution in [0.2, 0.25) is 0 Å². The highest BCUT2D eigenvalue weighted by Gasteiger charge is 2.45. The molecule has 2 rings (SSSR count). The first-order chi connectivity index (χ1) is 8.65. The predicted molar refractivity (Wildman–Crippen MR) is 65.1 cm³/mol. The minimum absolute atomic E-state index is 0.294. The van der Waals surface area contributed by atoms with E-state index in [1.54, 1.807) is 14.0 Å². The van der Waals surface area contributed by atoms with Gasteiger partial charge in [0.15, 0.2) is 5.41 Å². The smallest absolute Gasteiger partial charge is 0.327 e. The minimum atomic E-state index is -1.06. The van der Waals surface area contributed by atoms with Gasteiger partial charge in [0.1, 0.15) is 5.75 Å². The molecule has 4 nitrogen and oxygen atoms in total. The standard InChI is InChI=1S/C14H15NO3/c1-3-18-13(16)14(9-15)7-10-4-5-12(17-2)6-11(10)8-14/h4-6H,3,7-8H2,1-2H3. The summed E-state index contributed by atoms with van der Waals surface area (Å²) in [5.41, 5.74) is 0.944. The van der Waals surface area contributed by atoms with E-state index in [2.05, 4.69) is 6.07 Å². The Kier molecular flexibility index (Phi) is 3.24.